The zero-order chi connectivity index (χ0) is 13.6. The predicted octanol–water partition coefficient (Wildman–Crippen LogP) is 4.45. The van der Waals surface area contributed by atoms with Gasteiger partial charge in [-0.2, -0.15) is 0 Å². The van der Waals surface area contributed by atoms with Crippen LogP contribution in [0, 0.1) is 0 Å². The second-order valence-electron chi connectivity index (χ2n) is 5.20. The second kappa shape index (κ2) is 7.36. The van der Waals surface area contributed by atoms with E-state index >= 15 is 0 Å². The van der Waals surface area contributed by atoms with Crippen molar-refractivity contribution in [2.45, 2.75) is 37.8 Å². The highest BCUT2D eigenvalue weighted by atomic mass is 32.1. The van der Waals surface area contributed by atoms with Crippen molar-refractivity contribution >= 4 is 22.7 Å². The molecule has 2 aromatic rings. The fraction of sp³-hybridized carbons (Fsp3) is 0.500. The van der Waals surface area contributed by atoms with E-state index < -0.39 is 0 Å². The number of rotatable bonds is 6. The minimum Gasteiger partial charge on any atom is -0.378 e. The van der Waals surface area contributed by atoms with Gasteiger partial charge in [0, 0.05) is 16.4 Å². The number of thiophene rings is 2. The maximum atomic E-state index is 5.81. The summed E-state index contributed by atoms with van der Waals surface area (Å²) in [4.78, 5) is 2.80. The maximum Gasteiger partial charge on any atom is 0.0764 e. The number of nitrogens with one attached hydrogen (secondary N) is 1. The molecular formula is C16H21NOS2. The third-order valence-electron chi connectivity index (χ3n) is 3.74. The van der Waals surface area contributed by atoms with E-state index in [-0.39, 0.29) is 0 Å². The van der Waals surface area contributed by atoms with Gasteiger partial charge in [-0.05, 0) is 55.1 Å². The SMILES string of the molecule is c1csc(C(NCCC2CCCCO2)c2cccs2)c1. The molecule has 1 aliphatic heterocycles. The zero-order valence-electron chi connectivity index (χ0n) is 11.6. The molecule has 1 atom stereocenters. The Morgan fingerprint density at radius 3 is 2.45 bits per heavy atom. The van der Waals surface area contributed by atoms with Crippen LogP contribution in [0.2, 0.25) is 0 Å². The standard InChI is InChI=1S/C16H21NOS2/c1-2-10-18-13(5-1)8-9-17-16(14-6-3-11-19-14)15-7-4-12-20-15/h3-4,6-7,11-13,16-17H,1-2,5,8-10H2. The molecule has 0 radical (unpaired) electrons. The van der Waals surface area contributed by atoms with Gasteiger partial charge in [-0.3, -0.25) is 0 Å². The molecule has 1 fully saturated rings. The van der Waals surface area contributed by atoms with Crippen LogP contribution in [0.15, 0.2) is 35.0 Å². The predicted molar refractivity (Wildman–Crippen MR) is 86.7 cm³/mol. The quantitative estimate of drug-likeness (QED) is 0.851. The van der Waals surface area contributed by atoms with E-state index in [4.69, 9.17) is 4.74 Å². The molecule has 2 aromatic heterocycles. The lowest BCUT2D eigenvalue weighted by Gasteiger charge is -2.24. The molecule has 3 heterocycles. The first-order chi connectivity index (χ1) is 9.93. The van der Waals surface area contributed by atoms with Crippen molar-refractivity contribution in [2.24, 2.45) is 0 Å². The molecule has 1 aliphatic rings. The molecule has 4 heteroatoms. The molecule has 0 spiro atoms. The fourth-order valence-electron chi connectivity index (χ4n) is 2.68. The van der Waals surface area contributed by atoms with Gasteiger partial charge >= 0.3 is 0 Å². The van der Waals surface area contributed by atoms with Crippen molar-refractivity contribution in [1.82, 2.24) is 5.32 Å². The summed E-state index contributed by atoms with van der Waals surface area (Å²) in [5.74, 6) is 0. The highest BCUT2D eigenvalue weighted by molar-refractivity contribution is 7.11. The Morgan fingerprint density at radius 1 is 1.15 bits per heavy atom. The Morgan fingerprint density at radius 2 is 1.90 bits per heavy atom. The molecule has 0 bridgehead atoms. The smallest absolute Gasteiger partial charge is 0.0764 e. The average Bonchev–Trinajstić information content (AvgIpc) is 3.18. The molecule has 0 aliphatic carbocycles. The number of ether oxygens (including phenoxy) is 1. The van der Waals surface area contributed by atoms with Crippen LogP contribution >= 0.6 is 22.7 Å². The van der Waals surface area contributed by atoms with Gasteiger partial charge in [0.2, 0.25) is 0 Å². The van der Waals surface area contributed by atoms with Gasteiger partial charge in [0.25, 0.3) is 0 Å². The minimum absolute atomic E-state index is 0.346. The van der Waals surface area contributed by atoms with Crippen LogP contribution in [0.25, 0.3) is 0 Å². The first-order valence-corrected chi connectivity index (χ1v) is 9.11. The van der Waals surface area contributed by atoms with E-state index in [9.17, 15) is 0 Å². The molecule has 108 valence electrons. The third kappa shape index (κ3) is 3.70. The van der Waals surface area contributed by atoms with Crippen molar-refractivity contribution < 1.29 is 4.74 Å². The van der Waals surface area contributed by atoms with Crippen LogP contribution in [0.1, 0.15) is 41.5 Å². The summed E-state index contributed by atoms with van der Waals surface area (Å²) in [7, 11) is 0. The van der Waals surface area contributed by atoms with Crippen molar-refractivity contribution in [1.29, 1.82) is 0 Å². The van der Waals surface area contributed by atoms with Crippen molar-refractivity contribution in [3.63, 3.8) is 0 Å². The fourth-order valence-corrected chi connectivity index (χ4v) is 4.39. The lowest BCUT2D eigenvalue weighted by Crippen LogP contribution is -2.28. The summed E-state index contributed by atoms with van der Waals surface area (Å²) in [5.41, 5.74) is 0. The molecule has 2 nitrogen and oxygen atoms in total. The Hall–Kier alpha value is -0.680. The summed E-state index contributed by atoms with van der Waals surface area (Å²) in [6, 6.07) is 9.05. The molecule has 3 rings (SSSR count). The van der Waals surface area contributed by atoms with Crippen LogP contribution < -0.4 is 5.32 Å². The molecule has 20 heavy (non-hydrogen) atoms. The second-order valence-corrected chi connectivity index (χ2v) is 7.15. The van der Waals surface area contributed by atoms with Crippen LogP contribution in [-0.4, -0.2) is 19.3 Å². The molecular weight excluding hydrogens is 286 g/mol. The van der Waals surface area contributed by atoms with Crippen molar-refractivity contribution in [3.8, 4) is 0 Å². The lowest BCUT2D eigenvalue weighted by atomic mass is 10.1. The Balaban J connectivity index is 1.57. The summed E-state index contributed by atoms with van der Waals surface area (Å²) < 4.78 is 5.81. The van der Waals surface area contributed by atoms with Crippen LogP contribution in [0.4, 0.5) is 0 Å². The Bertz CT molecular complexity index is 440. The van der Waals surface area contributed by atoms with Crippen LogP contribution in [0.3, 0.4) is 0 Å². The summed E-state index contributed by atoms with van der Waals surface area (Å²) >= 11 is 3.66. The molecule has 1 saturated heterocycles. The zero-order valence-corrected chi connectivity index (χ0v) is 13.2. The monoisotopic (exact) mass is 307 g/mol. The van der Waals surface area contributed by atoms with Gasteiger partial charge < -0.3 is 10.1 Å². The Kier molecular flexibility index (Phi) is 5.25. The first kappa shape index (κ1) is 14.3. The maximum absolute atomic E-state index is 5.81. The summed E-state index contributed by atoms with van der Waals surface area (Å²) in [6.45, 7) is 1.97. The minimum atomic E-state index is 0.346. The van der Waals surface area contributed by atoms with Crippen molar-refractivity contribution in [3.05, 3.63) is 44.8 Å². The van der Waals surface area contributed by atoms with E-state index in [1.807, 2.05) is 22.7 Å². The highest BCUT2D eigenvalue weighted by Crippen LogP contribution is 2.29. The van der Waals surface area contributed by atoms with E-state index in [0.29, 0.717) is 12.1 Å². The van der Waals surface area contributed by atoms with Crippen molar-refractivity contribution in [2.75, 3.05) is 13.2 Å². The highest BCUT2D eigenvalue weighted by Gasteiger charge is 2.18. The van der Waals surface area contributed by atoms with E-state index in [1.54, 1.807) is 0 Å². The molecule has 1 unspecified atom stereocenters. The lowest BCUT2D eigenvalue weighted by molar-refractivity contribution is 0.0113. The van der Waals surface area contributed by atoms with E-state index in [2.05, 4.69) is 40.3 Å². The number of hydrogen-bond acceptors (Lipinski definition) is 4. The normalized spacial score (nSPS) is 19.6. The number of hydrogen-bond donors (Lipinski definition) is 1. The Labute approximate surface area is 128 Å². The molecule has 0 saturated carbocycles. The summed E-state index contributed by atoms with van der Waals surface area (Å²) in [5, 5.41) is 8.02. The van der Waals surface area contributed by atoms with E-state index in [1.165, 1.54) is 29.0 Å². The third-order valence-corrected chi connectivity index (χ3v) is 5.62. The van der Waals surface area contributed by atoms with E-state index in [0.717, 1.165) is 19.6 Å². The van der Waals surface area contributed by atoms with Gasteiger partial charge in [-0.15, -0.1) is 22.7 Å². The van der Waals surface area contributed by atoms with Gasteiger partial charge in [0.05, 0.1) is 12.1 Å². The van der Waals surface area contributed by atoms with Gasteiger partial charge in [0.15, 0.2) is 0 Å². The van der Waals surface area contributed by atoms with Crippen LogP contribution in [0.5, 0.6) is 0 Å². The average molecular weight is 307 g/mol. The topological polar surface area (TPSA) is 21.3 Å². The molecule has 0 amide bonds. The largest absolute Gasteiger partial charge is 0.378 e. The van der Waals surface area contributed by atoms with Gasteiger partial charge in [0.1, 0.15) is 0 Å². The van der Waals surface area contributed by atoms with Gasteiger partial charge in [-0.1, -0.05) is 12.1 Å². The molecule has 0 aromatic carbocycles. The first-order valence-electron chi connectivity index (χ1n) is 7.35. The molecule has 1 N–H and O–H groups in total. The van der Waals surface area contributed by atoms with Crippen LogP contribution in [-0.2, 0) is 4.74 Å². The van der Waals surface area contributed by atoms with Gasteiger partial charge in [-0.25, -0.2) is 0 Å². The summed E-state index contributed by atoms with van der Waals surface area (Å²) in [6.07, 6.45) is 5.36.